The molecule has 1 fully saturated rings. The zero-order valence-electron chi connectivity index (χ0n) is 23.5. The van der Waals surface area contributed by atoms with Crippen molar-refractivity contribution < 1.29 is 19.1 Å². The van der Waals surface area contributed by atoms with Crippen LogP contribution in [0.4, 0.5) is 5.69 Å². The molecule has 1 aromatic heterocycles. The van der Waals surface area contributed by atoms with Gasteiger partial charge in [0.2, 0.25) is 5.91 Å². The summed E-state index contributed by atoms with van der Waals surface area (Å²) in [6.45, 7) is 1.81. The molecular weight excluding hydrogens is 532 g/mol. The van der Waals surface area contributed by atoms with Crippen molar-refractivity contribution in [1.29, 1.82) is 0 Å². The van der Waals surface area contributed by atoms with E-state index in [1.54, 1.807) is 54.1 Å². The summed E-state index contributed by atoms with van der Waals surface area (Å²) in [5.74, 6) is -1.26. The molecule has 0 radical (unpaired) electrons. The third-order valence-corrected chi connectivity index (χ3v) is 7.37. The largest absolute Gasteiger partial charge is 0.463 e. The average molecular weight is 567 g/mol. The molecule has 2 N–H and O–H groups in total. The normalized spacial score (nSPS) is 13.7. The number of amides is 2. The van der Waals surface area contributed by atoms with Gasteiger partial charge in [-0.1, -0.05) is 49.6 Å². The molecule has 0 saturated heterocycles. The molecule has 9 heteroatoms. The molecule has 5 rings (SSSR count). The maximum Gasteiger partial charge on any atom is 0.330 e. The summed E-state index contributed by atoms with van der Waals surface area (Å²) in [6, 6.07) is 21.8. The second-order valence-corrected chi connectivity index (χ2v) is 10.3. The summed E-state index contributed by atoms with van der Waals surface area (Å²) in [6.07, 6.45) is 8.40. The first-order chi connectivity index (χ1) is 20.4. The Morgan fingerprint density at radius 3 is 2.40 bits per heavy atom. The second-order valence-electron chi connectivity index (χ2n) is 10.3. The van der Waals surface area contributed by atoms with Crippen molar-refractivity contribution >= 4 is 40.4 Å². The minimum absolute atomic E-state index is 0.172. The number of anilines is 1. The van der Waals surface area contributed by atoms with Crippen LogP contribution in [0.15, 0.2) is 83.7 Å². The molecule has 1 heterocycles. The van der Waals surface area contributed by atoms with Crippen molar-refractivity contribution in [2.75, 3.05) is 18.5 Å². The molecule has 2 amide bonds. The average Bonchev–Trinajstić information content (AvgIpc) is 3.32. The molecule has 1 aliphatic rings. The molecule has 42 heavy (non-hydrogen) atoms. The van der Waals surface area contributed by atoms with Crippen LogP contribution >= 0.6 is 0 Å². The Labute approximate surface area is 243 Å². The maximum absolute atomic E-state index is 13.7. The minimum Gasteiger partial charge on any atom is -0.463 e. The zero-order chi connectivity index (χ0) is 29.5. The van der Waals surface area contributed by atoms with Gasteiger partial charge in [0.05, 0.1) is 35.8 Å². The number of hydrogen-bond acceptors (Lipinski definition) is 5. The Hall–Kier alpha value is -4.92. The number of hydrogen-bond donors (Lipinski definition) is 2. The standard InChI is InChI=1S/C33H34N4O5/c1-2-42-31(39)20-15-23-13-17-25(18-14-23)35-30(38)22-34-32(40)24-16-19-29-28(21-24)33(41)37(27-11-7-4-8-12-27)36(29)26-9-5-3-6-10-26/h4,7-8,11-21,26H,2-3,5-6,9-10,22H2,1H3,(H,34,40)(H,35,38)/b20-15+. The number of rotatable bonds is 9. The fourth-order valence-electron chi connectivity index (χ4n) is 5.36. The highest BCUT2D eigenvalue weighted by atomic mass is 16.5. The molecule has 1 saturated carbocycles. The predicted molar refractivity (Wildman–Crippen MR) is 163 cm³/mol. The fraction of sp³-hybridized carbons (Fsp3) is 0.273. The Balaban J connectivity index is 1.28. The van der Waals surface area contributed by atoms with Crippen LogP contribution in [0, 0.1) is 0 Å². The lowest BCUT2D eigenvalue weighted by atomic mass is 9.95. The number of para-hydroxylation sites is 1. The number of fused-ring (bicyclic) bond motifs is 1. The van der Waals surface area contributed by atoms with Crippen LogP contribution in [-0.2, 0) is 14.3 Å². The Morgan fingerprint density at radius 1 is 0.952 bits per heavy atom. The summed E-state index contributed by atoms with van der Waals surface area (Å²) in [7, 11) is 0. The SMILES string of the molecule is CCOC(=O)/C=C/c1ccc(NC(=O)CNC(=O)c2ccc3c(c2)c(=O)n(-c2ccccc2)n3C2CCCCC2)cc1. The first kappa shape index (κ1) is 28.6. The first-order valence-corrected chi connectivity index (χ1v) is 14.3. The molecule has 9 nitrogen and oxygen atoms in total. The van der Waals surface area contributed by atoms with Gasteiger partial charge in [0.25, 0.3) is 11.5 Å². The molecule has 0 bridgehead atoms. The number of nitrogens with zero attached hydrogens (tertiary/aromatic N) is 2. The van der Waals surface area contributed by atoms with Gasteiger partial charge in [-0.05, 0) is 73.9 Å². The minimum atomic E-state index is -0.442. The summed E-state index contributed by atoms with van der Waals surface area (Å²) in [5, 5.41) is 5.86. The Morgan fingerprint density at radius 2 is 1.69 bits per heavy atom. The van der Waals surface area contributed by atoms with E-state index in [1.807, 2.05) is 36.4 Å². The van der Waals surface area contributed by atoms with Crippen LogP contribution in [0.1, 0.15) is 61.0 Å². The van der Waals surface area contributed by atoms with E-state index >= 15 is 0 Å². The number of ether oxygens (including phenoxy) is 1. The quantitative estimate of drug-likeness (QED) is 0.213. The smallest absolute Gasteiger partial charge is 0.330 e. The van der Waals surface area contributed by atoms with Gasteiger partial charge in [0.15, 0.2) is 0 Å². The van der Waals surface area contributed by atoms with E-state index in [4.69, 9.17) is 4.74 Å². The lowest BCUT2D eigenvalue weighted by Crippen LogP contribution is -2.32. The van der Waals surface area contributed by atoms with Crippen molar-refractivity contribution in [3.05, 3.63) is 100 Å². The Kier molecular flexibility index (Phi) is 8.96. The van der Waals surface area contributed by atoms with Crippen LogP contribution < -0.4 is 16.2 Å². The lowest BCUT2D eigenvalue weighted by molar-refractivity contribution is -0.137. The van der Waals surface area contributed by atoms with E-state index in [-0.39, 0.29) is 18.1 Å². The van der Waals surface area contributed by atoms with Crippen LogP contribution in [0.5, 0.6) is 0 Å². The van der Waals surface area contributed by atoms with E-state index < -0.39 is 17.8 Å². The number of carbonyl (C=O) groups is 3. The van der Waals surface area contributed by atoms with E-state index in [2.05, 4.69) is 15.3 Å². The second kappa shape index (κ2) is 13.2. The van der Waals surface area contributed by atoms with Crippen molar-refractivity contribution in [2.45, 2.75) is 45.1 Å². The van der Waals surface area contributed by atoms with Crippen LogP contribution in [0.3, 0.4) is 0 Å². The molecule has 0 unspecified atom stereocenters. The van der Waals surface area contributed by atoms with Gasteiger partial charge in [-0.15, -0.1) is 0 Å². The van der Waals surface area contributed by atoms with Crippen molar-refractivity contribution in [2.24, 2.45) is 0 Å². The molecule has 4 aromatic rings. The molecule has 3 aromatic carbocycles. The highest BCUT2D eigenvalue weighted by molar-refractivity contribution is 6.01. The zero-order valence-corrected chi connectivity index (χ0v) is 23.5. The van der Waals surface area contributed by atoms with E-state index in [9.17, 15) is 19.2 Å². The van der Waals surface area contributed by atoms with Crippen molar-refractivity contribution in [1.82, 2.24) is 14.7 Å². The van der Waals surface area contributed by atoms with Gasteiger partial charge >= 0.3 is 5.97 Å². The maximum atomic E-state index is 13.7. The van der Waals surface area contributed by atoms with Gasteiger partial charge in [0, 0.05) is 17.3 Å². The number of carbonyl (C=O) groups excluding carboxylic acids is 3. The lowest BCUT2D eigenvalue weighted by Gasteiger charge is -2.26. The van der Waals surface area contributed by atoms with E-state index in [1.165, 1.54) is 12.5 Å². The molecule has 0 aliphatic heterocycles. The topological polar surface area (TPSA) is 111 Å². The summed E-state index contributed by atoms with van der Waals surface area (Å²) in [5.41, 5.74) is 3.05. The molecule has 0 spiro atoms. The highest BCUT2D eigenvalue weighted by Gasteiger charge is 2.24. The number of esters is 1. The van der Waals surface area contributed by atoms with E-state index in [0.717, 1.165) is 42.5 Å². The van der Waals surface area contributed by atoms with Crippen LogP contribution in [-0.4, -0.2) is 40.3 Å². The number of nitrogens with one attached hydrogen (secondary N) is 2. The van der Waals surface area contributed by atoms with Crippen molar-refractivity contribution in [3.8, 4) is 5.69 Å². The monoisotopic (exact) mass is 566 g/mol. The Bertz CT molecular complexity index is 1660. The van der Waals surface area contributed by atoms with Crippen LogP contribution in [0.25, 0.3) is 22.7 Å². The number of benzene rings is 3. The molecule has 0 atom stereocenters. The number of aromatic nitrogens is 2. The van der Waals surface area contributed by atoms with Crippen molar-refractivity contribution in [3.63, 3.8) is 0 Å². The van der Waals surface area contributed by atoms with Gasteiger partial charge in [-0.25, -0.2) is 9.48 Å². The van der Waals surface area contributed by atoms with Gasteiger partial charge in [-0.3, -0.25) is 19.1 Å². The van der Waals surface area contributed by atoms with Crippen LogP contribution in [0.2, 0.25) is 0 Å². The van der Waals surface area contributed by atoms with E-state index in [0.29, 0.717) is 23.2 Å². The molecular formula is C33H34N4O5. The van der Waals surface area contributed by atoms with Gasteiger partial charge in [0.1, 0.15) is 0 Å². The summed E-state index contributed by atoms with van der Waals surface area (Å²) < 4.78 is 8.69. The summed E-state index contributed by atoms with van der Waals surface area (Å²) >= 11 is 0. The highest BCUT2D eigenvalue weighted by Crippen LogP contribution is 2.31. The molecule has 1 aliphatic carbocycles. The van der Waals surface area contributed by atoms with Gasteiger partial charge in [-0.2, -0.15) is 0 Å². The third-order valence-electron chi connectivity index (χ3n) is 7.37. The predicted octanol–water partition coefficient (Wildman–Crippen LogP) is 5.24. The summed E-state index contributed by atoms with van der Waals surface area (Å²) in [4.78, 5) is 50.6. The first-order valence-electron chi connectivity index (χ1n) is 14.3. The van der Waals surface area contributed by atoms with Gasteiger partial charge < -0.3 is 15.4 Å². The fourth-order valence-corrected chi connectivity index (χ4v) is 5.36. The third kappa shape index (κ3) is 6.52. The molecule has 216 valence electrons.